The first-order valence-corrected chi connectivity index (χ1v) is 4.33. The van der Waals surface area contributed by atoms with Crippen LogP contribution in [0, 0.1) is 6.92 Å². The Labute approximate surface area is 81.9 Å². The summed E-state index contributed by atoms with van der Waals surface area (Å²) in [6.45, 7) is 1.90. The molecular weight excluding hydrogens is 180 g/mol. The topological polar surface area (TPSA) is 47.1 Å². The Hall–Kier alpha value is -1.71. The lowest BCUT2D eigenvalue weighted by atomic mass is 10.2. The van der Waals surface area contributed by atoms with Gasteiger partial charge in [0.25, 0.3) is 0 Å². The number of aromatic amines is 1. The van der Waals surface area contributed by atoms with Gasteiger partial charge < -0.3 is 14.5 Å². The van der Waals surface area contributed by atoms with Crippen LogP contribution in [0.15, 0.2) is 12.1 Å². The van der Waals surface area contributed by atoms with Crippen LogP contribution in [0.1, 0.15) is 5.82 Å². The van der Waals surface area contributed by atoms with Crippen molar-refractivity contribution in [3.8, 4) is 11.5 Å². The number of aryl methyl sites for hydroxylation is 1. The second-order valence-electron chi connectivity index (χ2n) is 3.02. The fourth-order valence-corrected chi connectivity index (χ4v) is 1.50. The van der Waals surface area contributed by atoms with Crippen LogP contribution in [-0.2, 0) is 0 Å². The molecule has 0 bridgehead atoms. The van der Waals surface area contributed by atoms with E-state index >= 15 is 0 Å². The van der Waals surface area contributed by atoms with Crippen molar-refractivity contribution in [2.45, 2.75) is 6.92 Å². The Morgan fingerprint density at radius 2 is 1.79 bits per heavy atom. The molecule has 0 radical (unpaired) electrons. The highest BCUT2D eigenvalue weighted by atomic mass is 16.5. The van der Waals surface area contributed by atoms with Gasteiger partial charge >= 0.3 is 0 Å². The molecule has 0 atom stereocenters. The molecule has 2 rings (SSSR count). The maximum absolute atomic E-state index is 5.21. The van der Waals surface area contributed by atoms with Crippen molar-refractivity contribution in [2.24, 2.45) is 0 Å². The van der Waals surface area contributed by atoms with E-state index in [2.05, 4.69) is 9.97 Å². The molecule has 74 valence electrons. The van der Waals surface area contributed by atoms with Crippen molar-refractivity contribution in [3.05, 3.63) is 18.0 Å². The van der Waals surface area contributed by atoms with Gasteiger partial charge in [-0.2, -0.15) is 0 Å². The number of ether oxygens (including phenoxy) is 2. The lowest BCUT2D eigenvalue weighted by molar-refractivity contribution is 0.409. The number of aromatic nitrogens is 2. The zero-order valence-corrected chi connectivity index (χ0v) is 8.42. The van der Waals surface area contributed by atoms with Gasteiger partial charge in [0.05, 0.1) is 14.2 Å². The van der Waals surface area contributed by atoms with Gasteiger partial charge in [0.2, 0.25) is 0 Å². The minimum atomic E-state index is 0.755. The molecule has 1 heterocycles. The van der Waals surface area contributed by atoms with Gasteiger partial charge in [-0.3, -0.25) is 0 Å². The molecule has 0 amide bonds. The first-order chi connectivity index (χ1) is 6.76. The van der Waals surface area contributed by atoms with Crippen LogP contribution in [0.25, 0.3) is 11.0 Å². The monoisotopic (exact) mass is 192 g/mol. The Morgan fingerprint density at radius 1 is 1.14 bits per heavy atom. The number of methoxy groups -OCH3 is 2. The smallest absolute Gasteiger partial charge is 0.146 e. The Bertz CT molecular complexity index is 421. The van der Waals surface area contributed by atoms with Gasteiger partial charge in [-0.15, -0.1) is 0 Å². The van der Waals surface area contributed by atoms with E-state index in [1.54, 1.807) is 14.2 Å². The molecule has 0 aliphatic rings. The molecule has 1 N–H and O–H groups in total. The lowest BCUT2D eigenvalue weighted by Crippen LogP contribution is -1.88. The Kier molecular flexibility index (Phi) is 2.04. The Balaban J connectivity index is 2.77. The number of rotatable bonds is 2. The molecule has 0 aliphatic heterocycles. The van der Waals surface area contributed by atoms with Crippen LogP contribution in [0.2, 0.25) is 0 Å². The summed E-state index contributed by atoms with van der Waals surface area (Å²) < 4.78 is 10.4. The van der Waals surface area contributed by atoms with E-state index in [0.29, 0.717) is 0 Å². The van der Waals surface area contributed by atoms with Gasteiger partial charge in [-0.1, -0.05) is 0 Å². The molecular formula is C10H12N2O2. The van der Waals surface area contributed by atoms with E-state index in [9.17, 15) is 0 Å². The largest absolute Gasteiger partial charge is 0.494 e. The average Bonchev–Trinajstić information content (AvgIpc) is 2.57. The molecule has 1 aromatic carbocycles. The number of fused-ring (bicyclic) bond motifs is 1. The highest BCUT2D eigenvalue weighted by Crippen LogP contribution is 2.30. The molecule has 14 heavy (non-hydrogen) atoms. The zero-order chi connectivity index (χ0) is 10.1. The quantitative estimate of drug-likeness (QED) is 0.790. The summed E-state index contributed by atoms with van der Waals surface area (Å²) in [5.74, 6) is 2.38. The fraction of sp³-hybridized carbons (Fsp3) is 0.300. The van der Waals surface area contributed by atoms with E-state index in [-0.39, 0.29) is 0 Å². The first-order valence-electron chi connectivity index (χ1n) is 4.33. The molecule has 0 aliphatic carbocycles. The van der Waals surface area contributed by atoms with Crippen molar-refractivity contribution in [3.63, 3.8) is 0 Å². The standard InChI is InChI=1S/C10H12N2O2/c1-6-11-9-7(13-2)4-5-8(14-3)10(9)12-6/h4-5H,1-3H3,(H,11,12). The summed E-state index contributed by atoms with van der Waals surface area (Å²) in [4.78, 5) is 7.47. The minimum Gasteiger partial charge on any atom is -0.494 e. The van der Waals surface area contributed by atoms with Crippen molar-refractivity contribution in [1.29, 1.82) is 0 Å². The highest BCUT2D eigenvalue weighted by molar-refractivity contribution is 5.87. The van der Waals surface area contributed by atoms with Gasteiger partial charge in [0.15, 0.2) is 0 Å². The number of benzene rings is 1. The first kappa shape index (κ1) is 8.87. The predicted octanol–water partition coefficient (Wildman–Crippen LogP) is 1.89. The van der Waals surface area contributed by atoms with E-state index in [0.717, 1.165) is 28.4 Å². The van der Waals surface area contributed by atoms with Crippen LogP contribution < -0.4 is 9.47 Å². The van der Waals surface area contributed by atoms with Crippen molar-refractivity contribution in [1.82, 2.24) is 9.97 Å². The summed E-state index contributed by atoms with van der Waals surface area (Å²) in [7, 11) is 3.27. The second kappa shape index (κ2) is 3.21. The molecule has 4 heteroatoms. The third-order valence-corrected chi connectivity index (χ3v) is 2.13. The lowest BCUT2D eigenvalue weighted by Gasteiger charge is -2.04. The fourth-order valence-electron chi connectivity index (χ4n) is 1.50. The van der Waals surface area contributed by atoms with Crippen molar-refractivity contribution >= 4 is 11.0 Å². The molecule has 1 aromatic heterocycles. The van der Waals surface area contributed by atoms with Crippen LogP contribution >= 0.6 is 0 Å². The number of nitrogens with one attached hydrogen (secondary N) is 1. The zero-order valence-electron chi connectivity index (χ0n) is 8.42. The normalized spacial score (nSPS) is 10.5. The summed E-state index contributed by atoms with van der Waals surface area (Å²) >= 11 is 0. The number of hydrogen-bond donors (Lipinski definition) is 1. The predicted molar refractivity (Wildman–Crippen MR) is 53.9 cm³/mol. The Morgan fingerprint density at radius 3 is 2.43 bits per heavy atom. The average molecular weight is 192 g/mol. The number of nitrogens with zero attached hydrogens (tertiary/aromatic N) is 1. The molecule has 2 aromatic rings. The number of imidazole rings is 1. The molecule has 0 unspecified atom stereocenters. The van der Waals surface area contributed by atoms with E-state index in [1.807, 2.05) is 19.1 Å². The van der Waals surface area contributed by atoms with Crippen LogP contribution in [0.3, 0.4) is 0 Å². The summed E-state index contributed by atoms with van der Waals surface area (Å²) in [5, 5.41) is 0. The minimum absolute atomic E-state index is 0.755. The van der Waals surface area contributed by atoms with E-state index in [4.69, 9.17) is 9.47 Å². The maximum Gasteiger partial charge on any atom is 0.146 e. The second-order valence-corrected chi connectivity index (χ2v) is 3.02. The SMILES string of the molecule is COc1ccc(OC)c2[nH]c(C)nc12. The summed E-state index contributed by atoms with van der Waals surface area (Å²) in [6, 6.07) is 3.71. The maximum atomic E-state index is 5.21. The van der Waals surface area contributed by atoms with Crippen LogP contribution in [0.5, 0.6) is 11.5 Å². The molecule has 0 saturated carbocycles. The molecule has 0 saturated heterocycles. The summed E-state index contributed by atoms with van der Waals surface area (Å²) in [5.41, 5.74) is 1.69. The van der Waals surface area contributed by atoms with Gasteiger partial charge in [-0.25, -0.2) is 4.98 Å². The number of hydrogen-bond acceptors (Lipinski definition) is 3. The van der Waals surface area contributed by atoms with E-state index < -0.39 is 0 Å². The van der Waals surface area contributed by atoms with E-state index in [1.165, 1.54) is 0 Å². The summed E-state index contributed by atoms with van der Waals surface area (Å²) in [6.07, 6.45) is 0. The number of H-pyrrole nitrogens is 1. The van der Waals surface area contributed by atoms with Gasteiger partial charge in [0, 0.05) is 0 Å². The van der Waals surface area contributed by atoms with Gasteiger partial charge in [-0.05, 0) is 19.1 Å². The van der Waals surface area contributed by atoms with Crippen LogP contribution in [0.4, 0.5) is 0 Å². The van der Waals surface area contributed by atoms with Crippen LogP contribution in [-0.4, -0.2) is 24.2 Å². The van der Waals surface area contributed by atoms with Crippen molar-refractivity contribution in [2.75, 3.05) is 14.2 Å². The molecule has 0 spiro atoms. The molecule has 0 fully saturated rings. The third-order valence-electron chi connectivity index (χ3n) is 2.13. The third kappa shape index (κ3) is 1.19. The van der Waals surface area contributed by atoms with Gasteiger partial charge in [0.1, 0.15) is 28.4 Å². The highest BCUT2D eigenvalue weighted by Gasteiger charge is 2.10. The van der Waals surface area contributed by atoms with Crippen molar-refractivity contribution < 1.29 is 9.47 Å². The molecule has 4 nitrogen and oxygen atoms in total.